The van der Waals surface area contributed by atoms with Gasteiger partial charge in [-0.05, 0) is 42.5 Å². The summed E-state index contributed by atoms with van der Waals surface area (Å²) in [7, 11) is 1.59. The predicted octanol–water partition coefficient (Wildman–Crippen LogP) is 2.26. The Balaban J connectivity index is 1.74. The average molecular weight is 352 g/mol. The number of aromatic hydroxyl groups is 2. The van der Waals surface area contributed by atoms with Crippen LogP contribution in [-0.4, -0.2) is 39.6 Å². The summed E-state index contributed by atoms with van der Waals surface area (Å²) in [5.74, 6) is -0.294. The lowest BCUT2D eigenvalue weighted by atomic mass is 10.1. The normalized spacial score (nSPS) is 10.8. The number of aromatic nitrogens is 2. The molecule has 8 heteroatoms. The number of phenols is 2. The predicted molar refractivity (Wildman–Crippen MR) is 95.4 cm³/mol. The lowest BCUT2D eigenvalue weighted by Gasteiger charge is -2.04. The third-order valence-electron chi connectivity index (χ3n) is 3.64. The first-order chi connectivity index (χ1) is 12.6. The van der Waals surface area contributed by atoms with Gasteiger partial charge >= 0.3 is 0 Å². The molecule has 3 rings (SSSR count). The number of hydrogen-bond donors (Lipinski definition) is 4. The van der Waals surface area contributed by atoms with Crippen molar-refractivity contribution in [3.05, 3.63) is 59.8 Å². The molecule has 0 bridgehead atoms. The average Bonchev–Trinajstić information content (AvgIpc) is 3.12. The molecule has 3 aromatic rings. The first kappa shape index (κ1) is 17.0. The summed E-state index contributed by atoms with van der Waals surface area (Å²) in [4.78, 5) is 12.0. The zero-order valence-electron chi connectivity index (χ0n) is 13.8. The van der Waals surface area contributed by atoms with E-state index in [1.807, 2.05) is 24.3 Å². The van der Waals surface area contributed by atoms with Crippen molar-refractivity contribution in [1.29, 1.82) is 0 Å². The first-order valence-corrected chi connectivity index (χ1v) is 7.61. The minimum absolute atomic E-state index is 0.0790. The molecule has 2 aromatic carbocycles. The third-order valence-corrected chi connectivity index (χ3v) is 3.64. The first-order valence-electron chi connectivity index (χ1n) is 7.61. The van der Waals surface area contributed by atoms with Crippen molar-refractivity contribution in [3.8, 4) is 28.5 Å². The van der Waals surface area contributed by atoms with Crippen LogP contribution in [0.5, 0.6) is 17.2 Å². The fourth-order valence-electron chi connectivity index (χ4n) is 2.31. The summed E-state index contributed by atoms with van der Waals surface area (Å²) in [5.41, 5.74) is 4.49. The van der Waals surface area contributed by atoms with Gasteiger partial charge in [0.1, 0.15) is 17.2 Å². The second-order valence-corrected chi connectivity index (χ2v) is 5.33. The fraction of sp³-hybridized carbons (Fsp3) is 0.0556. The number of H-pyrrole nitrogens is 1. The number of carbonyl (C=O) groups is 1. The molecule has 0 aliphatic carbocycles. The maximum atomic E-state index is 12.0. The standard InChI is InChI=1S/C18H16N4O4/c1-26-14-5-2-11(3-6-14)17-12(9-19-21-17)10-20-22-18(25)15-8-13(23)4-7-16(15)24/h2-10,23-24H,1H3,(H,19,21)(H,22,25)/b20-10-. The van der Waals surface area contributed by atoms with Crippen LogP contribution in [0.3, 0.4) is 0 Å². The number of carbonyl (C=O) groups excluding carboxylic acids is 1. The number of nitrogens with one attached hydrogen (secondary N) is 2. The molecule has 0 radical (unpaired) electrons. The number of ether oxygens (including phenoxy) is 1. The molecule has 0 saturated heterocycles. The highest BCUT2D eigenvalue weighted by Gasteiger charge is 2.11. The minimum Gasteiger partial charge on any atom is -0.508 e. The van der Waals surface area contributed by atoms with Gasteiger partial charge in [0.05, 0.1) is 30.8 Å². The number of hydrazone groups is 1. The van der Waals surface area contributed by atoms with E-state index >= 15 is 0 Å². The molecule has 4 N–H and O–H groups in total. The van der Waals surface area contributed by atoms with Crippen LogP contribution in [0.2, 0.25) is 0 Å². The molecule has 132 valence electrons. The summed E-state index contributed by atoms with van der Waals surface area (Å²) < 4.78 is 5.13. The molecule has 8 nitrogen and oxygen atoms in total. The van der Waals surface area contributed by atoms with E-state index in [1.165, 1.54) is 18.3 Å². The van der Waals surface area contributed by atoms with E-state index in [1.54, 1.807) is 13.3 Å². The molecule has 0 saturated carbocycles. The van der Waals surface area contributed by atoms with Crippen molar-refractivity contribution in [1.82, 2.24) is 15.6 Å². The molecule has 0 spiro atoms. The number of benzene rings is 2. The van der Waals surface area contributed by atoms with Gasteiger partial charge in [0.15, 0.2) is 0 Å². The maximum absolute atomic E-state index is 12.0. The van der Waals surface area contributed by atoms with Gasteiger partial charge in [-0.2, -0.15) is 10.2 Å². The van der Waals surface area contributed by atoms with E-state index in [9.17, 15) is 15.0 Å². The quantitative estimate of drug-likeness (QED) is 0.319. The lowest BCUT2D eigenvalue weighted by Crippen LogP contribution is -2.17. The van der Waals surface area contributed by atoms with Crippen molar-refractivity contribution >= 4 is 12.1 Å². The number of nitrogens with zero attached hydrogens (tertiary/aromatic N) is 2. The highest BCUT2D eigenvalue weighted by molar-refractivity contribution is 5.98. The number of amides is 1. The van der Waals surface area contributed by atoms with Gasteiger partial charge in [0.2, 0.25) is 0 Å². The number of methoxy groups -OCH3 is 1. The molecule has 0 atom stereocenters. The largest absolute Gasteiger partial charge is 0.508 e. The minimum atomic E-state index is -0.649. The molecular formula is C18H16N4O4. The Kier molecular flexibility index (Phi) is 4.84. The topological polar surface area (TPSA) is 120 Å². The van der Waals surface area contributed by atoms with E-state index in [-0.39, 0.29) is 17.1 Å². The van der Waals surface area contributed by atoms with E-state index < -0.39 is 5.91 Å². The highest BCUT2D eigenvalue weighted by atomic mass is 16.5. The van der Waals surface area contributed by atoms with Crippen LogP contribution in [-0.2, 0) is 0 Å². The maximum Gasteiger partial charge on any atom is 0.275 e. The number of rotatable bonds is 5. The smallest absolute Gasteiger partial charge is 0.275 e. The summed E-state index contributed by atoms with van der Waals surface area (Å²) in [6.07, 6.45) is 3.00. The van der Waals surface area contributed by atoms with Gasteiger partial charge < -0.3 is 14.9 Å². The number of hydrogen-bond acceptors (Lipinski definition) is 6. The number of aromatic amines is 1. The second kappa shape index (κ2) is 7.39. The van der Waals surface area contributed by atoms with Crippen LogP contribution in [0.4, 0.5) is 0 Å². The van der Waals surface area contributed by atoms with Crippen molar-refractivity contribution in [2.24, 2.45) is 5.10 Å². The molecule has 1 amide bonds. The molecular weight excluding hydrogens is 336 g/mol. The Hall–Kier alpha value is -3.81. The van der Waals surface area contributed by atoms with Crippen LogP contribution in [0.15, 0.2) is 53.8 Å². The Labute approximate surface area is 148 Å². The van der Waals surface area contributed by atoms with Gasteiger partial charge in [0, 0.05) is 11.1 Å². The van der Waals surface area contributed by atoms with Crippen molar-refractivity contribution in [2.45, 2.75) is 0 Å². The molecule has 0 unspecified atom stereocenters. The fourth-order valence-corrected chi connectivity index (χ4v) is 2.31. The van der Waals surface area contributed by atoms with Crippen LogP contribution >= 0.6 is 0 Å². The number of phenolic OH excluding ortho intramolecular Hbond substituents is 2. The summed E-state index contributed by atoms with van der Waals surface area (Å²) in [6.45, 7) is 0. The SMILES string of the molecule is COc1ccc(-c2[nH]ncc2/C=N\NC(=O)c2cc(O)ccc2O)cc1. The van der Waals surface area contributed by atoms with Crippen molar-refractivity contribution in [2.75, 3.05) is 7.11 Å². The zero-order chi connectivity index (χ0) is 18.5. The van der Waals surface area contributed by atoms with Crippen molar-refractivity contribution < 1.29 is 19.7 Å². The molecule has 1 heterocycles. The molecule has 0 aliphatic heterocycles. The van der Waals surface area contributed by atoms with Crippen LogP contribution in [0.25, 0.3) is 11.3 Å². The molecule has 0 fully saturated rings. The Bertz CT molecular complexity index is 948. The Morgan fingerprint density at radius 1 is 1.23 bits per heavy atom. The van der Waals surface area contributed by atoms with Gasteiger partial charge in [0.25, 0.3) is 5.91 Å². The molecule has 0 aliphatic rings. The van der Waals surface area contributed by atoms with Gasteiger partial charge in [-0.3, -0.25) is 9.89 Å². The van der Waals surface area contributed by atoms with Gasteiger partial charge in [-0.25, -0.2) is 5.43 Å². The Morgan fingerprint density at radius 3 is 2.73 bits per heavy atom. The summed E-state index contributed by atoms with van der Waals surface area (Å²) in [5, 5.41) is 29.8. The van der Waals surface area contributed by atoms with Crippen LogP contribution < -0.4 is 10.2 Å². The highest BCUT2D eigenvalue weighted by Crippen LogP contribution is 2.23. The monoisotopic (exact) mass is 352 g/mol. The lowest BCUT2D eigenvalue weighted by molar-refractivity contribution is 0.0952. The Morgan fingerprint density at radius 2 is 2.00 bits per heavy atom. The summed E-state index contributed by atoms with van der Waals surface area (Å²) >= 11 is 0. The van der Waals surface area contributed by atoms with Gasteiger partial charge in [-0.1, -0.05) is 0 Å². The van der Waals surface area contributed by atoms with E-state index in [2.05, 4.69) is 20.7 Å². The second-order valence-electron chi connectivity index (χ2n) is 5.33. The van der Waals surface area contributed by atoms with Gasteiger partial charge in [-0.15, -0.1) is 0 Å². The van der Waals surface area contributed by atoms with Crippen molar-refractivity contribution in [3.63, 3.8) is 0 Å². The summed E-state index contributed by atoms with van der Waals surface area (Å²) in [6, 6.07) is 11.0. The molecule has 26 heavy (non-hydrogen) atoms. The van der Waals surface area contributed by atoms with Crippen LogP contribution in [0.1, 0.15) is 15.9 Å². The van der Waals surface area contributed by atoms with E-state index in [0.29, 0.717) is 5.56 Å². The zero-order valence-corrected chi connectivity index (χ0v) is 13.8. The third kappa shape index (κ3) is 3.64. The molecule has 1 aromatic heterocycles. The van der Waals surface area contributed by atoms with Crippen LogP contribution in [0, 0.1) is 0 Å². The van der Waals surface area contributed by atoms with E-state index in [4.69, 9.17) is 4.74 Å². The van der Waals surface area contributed by atoms with E-state index in [0.717, 1.165) is 23.1 Å².